The van der Waals surface area contributed by atoms with Crippen molar-refractivity contribution in [1.82, 2.24) is 20.6 Å². The zero-order valence-electron chi connectivity index (χ0n) is 45.2. The lowest BCUT2D eigenvalue weighted by atomic mass is 9.82. The van der Waals surface area contributed by atoms with E-state index in [2.05, 4.69) is 10.6 Å². The first-order chi connectivity index (χ1) is 37.0. The lowest BCUT2D eigenvalue weighted by Crippen LogP contribution is -2.60. The van der Waals surface area contributed by atoms with Crippen molar-refractivity contribution in [1.29, 1.82) is 0 Å². The number of amides is 7. The second kappa shape index (κ2) is 28.1. The van der Waals surface area contributed by atoms with Gasteiger partial charge in [-0.3, -0.25) is 39.0 Å². The molecule has 9 atom stereocenters. The summed E-state index contributed by atoms with van der Waals surface area (Å²) >= 11 is 8.06. The summed E-state index contributed by atoms with van der Waals surface area (Å²) in [6.07, 6.45) is 1.14. The summed E-state index contributed by atoms with van der Waals surface area (Å²) < 4.78 is 40.2. The lowest BCUT2D eigenvalue weighted by Gasteiger charge is -2.41. The van der Waals surface area contributed by atoms with Gasteiger partial charge in [0.2, 0.25) is 23.6 Å². The molecule has 7 amide bonds. The van der Waals surface area contributed by atoms with Gasteiger partial charge in [-0.15, -0.1) is 16.8 Å². The maximum absolute atomic E-state index is 14.2. The quantitative estimate of drug-likeness (QED) is 0.0613. The predicted molar refractivity (Wildman–Crippen MR) is 280 cm³/mol. The lowest BCUT2D eigenvalue weighted by molar-refractivity contribution is -0.198. The van der Waals surface area contributed by atoms with Crippen LogP contribution in [0.15, 0.2) is 35.9 Å². The molecular formula is C53H72ClN5O18S. The monoisotopic (exact) mass is 1130 g/mol. The fraction of sp³-hybridized carbons (Fsp3) is 0.642. The molecule has 0 spiro atoms. The van der Waals surface area contributed by atoms with Crippen molar-refractivity contribution < 1.29 is 86.3 Å². The normalized spacial score (nSPS) is 28.1. The van der Waals surface area contributed by atoms with Crippen LogP contribution < -0.4 is 15.5 Å². The Morgan fingerprint density at radius 2 is 1.62 bits per heavy atom. The number of alkyl carbamates (subject to hydrolysis) is 1. The largest absolute Gasteiger partial charge is 0.457 e. The van der Waals surface area contributed by atoms with Gasteiger partial charge in [0, 0.05) is 69.8 Å². The van der Waals surface area contributed by atoms with Crippen LogP contribution in [0.25, 0.3) is 0 Å². The highest BCUT2D eigenvalue weighted by Gasteiger charge is 2.64. The molecule has 0 radical (unpaired) electrons. The number of anilines is 1. The highest BCUT2D eigenvalue weighted by Crippen LogP contribution is 2.49. The van der Waals surface area contributed by atoms with E-state index in [-0.39, 0.29) is 116 Å². The van der Waals surface area contributed by atoms with Crippen LogP contribution in [0.4, 0.5) is 10.5 Å². The Labute approximate surface area is 462 Å². The molecule has 0 saturated carbocycles. The minimum absolute atomic E-state index is 0.00263. The summed E-state index contributed by atoms with van der Waals surface area (Å²) in [7, 11) is 1.60. The van der Waals surface area contributed by atoms with E-state index in [4.69, 9.17) is 49.6 Å². The summed E-state index contributed by atoms with van der Waals surface area (Å²) in [6.45, 7) is 11.5. The van der Waals surface area contributed by atoms with Crippen molar-refractivity contribution in [2.45, 2.75) is 134 Å². The number of epoxide rings is 1. The van der Waals surface area contributed by atoms with E-state index in [1.165, 1.54) is 23.6 Å². The van der Waals surface area contributed by atoms with Crippen LogP contribution in [0.1, 0.15) is 90.7 Å². The van der Waals surface area contributed by atoms with Crippen molar-refractivity contribution in [3.63, 3.8) is 0 Å². The Hall–Kier alpha value is -5.47. The number of hydroxylamine groups is 2. The minimum atomic E-state index is -1.64. The number of carbonyl (C=O) groups excluding carboxylic acids is 9. The Kier molecular flexibility index (Phi) is 22.2. The molecule has 2 unspecified atom stereocenters. The van der Waals surface area contributed by atoms with Gasteiger partial charge in [-0.25, -0.2) is 14.4 Å². The maximum Gasteiger partial charge on any atom is 0.409 e. The molecule has 78 heavy (non-hydrogen) atoms. The fourth-order valence-corrected chi connectivity index (χ4v) is 10.6. The molecule has 1 aromatic carbocycles. The summed E-state index contributed by atoms with van der Waals surface area (Å²) in [5.41, 5.74) is 0.306. The Morgan fingerprint density at radius 1 is 0.923 bits per heavy atom. The first-order valence-corrected chi connectivity index (χ1v) is 27.6. The molecule has 5 aliphatic rings. The van der Waals surface area contributed by atoms with Crippen molar-refractivity contribution in [2.24, 2.45) is 11.8 Å². The molecule has 5 aliphatic heterocycles. The zero-order valence-corrected chi connectivity index (χ0v) is 46.7. The number of benzene rings is 1. The molecule has 0 aromatic heterocycles. The number of fused-ring (bicyclic) bond motifs is 5. The van der Waals surface area contributed by atoms with Gasteiger partial charge in [0.05, 0.1) is 81.2 Å². The van der Waals surface area contributed by atoms with Gasteiger partial charge in [0.25, 0.3) is 11.8 Å². The second-order valence-electron chi connectivity index (χ2n) is 20.2. The number of hydrogen-bond acceptors (Lipinski definition) is 19. The number of ether oxygens (including phenoxy) is 7. The van der Waals surface area contributed by atoms with Crippen molar-refractivity contribution in [3.8, 4) is 0 Å². The molecule has 430 valence electrons. The van der Waals surface area contributed by atoms with Crippen LogP contribution in [0.3, 0.4) is 0 Å². The number of aryl methyl sites for hydroxylation is 1. The number of nitrogens with one attached hydrogen (secondary N) is 2. The topological polar surface area (TPSA) is 285 Å². The van der Waals surface area contributed by atoms with Crippen LogP contribution in [-0.2, 0) is 82.8 Å². The third-order valence-electron chi connectivity index (χ3n) is 14.2. The molecule has 5 heterocycles. The molecule has 1 aromatic rings. The number of nitrogens with zero attached hydrogens (tertiary/aromatic N) is 3. The van der Waals surface area contributed by atoms with Crippen LogP contribution in [0.5, 0.6) is 0 Å². The van der Waals surface area contributed by atoms with Gasteiger partial charge < -0.3 is 53.3 Å². The highest BCUT2D eigenvalue weighted by molar-refractivity contribution is 8.00. The summed E-state index contributed by atoms with van der Waals surface area (Å²) in [4.78, 5) is 121. The van der Waals surface area contributed by atoms with E-state index in [9.17, 15) is 48.3 Å². The van der Waals surface area contributed by atoms with E-state index in [1.807, 2.05) is 51.1 Å². The molecular weight excluding hydrogens is 1060 g/mol. The van der Waals surface area contributed by atoms with Gasteiger partial charge >= 0.3 is 18.0 Å². The first-order valence-electron chi connectivity index (χ1n) is 26.1. The van der Waals surface area contributed by atoms with Gasteiger partial charge in [-0.2, -0.15) is 0 Å². The summed E-state index contributed by atoms with van der Waals surface area (Å²) in [5.74, 6) is -4.87. The molecule has 25 heteroatoms. The number of allylic oxidation sites excluding steroid dienone is 3. The number of thioether (sulfide) groups is 1. The van der Waals surface area contributed by atoms with Crippen LogP contribution in [0, 0.1) is 18.8 Å². The summed E-state index contributed by atoms with van der Waals surface area (Å²) in [5, 5.41) is 17.2. The number of halogens is 1. The number of imide groups is 2. The second-order valence-corrected chi connectivity index (χ2v) is 21.9. The average molecular weight is 1130 g/mol. The van der Waals surface area contributed by atoms with E-state index < -0.39 is 94.5 Å². The minimum Gasteiger partial charge on any atom is -0.457 e. The van der Waals surface area contributed by atoms with Gasteiger partial charge in [-0.05, 0) is 51.3 Å². The number of carbonyl (C=O) groups is 9. The van der Waals surface area contributed by atoms with Crippen molar-refractivity contribution >= 4 is 82.5 Å². The van der Waals surface area contributed by atoms with E-state index in [0.29, 0.717) is 27.9 Å². The predicted octanol–water partition coefficient (Wildman–Crippen LogP) is 3.41. The molecule has 23 nitrogen and oxygen atoms in total. The van der Waals surface area contributed by atoms with E-state index in [1.54, 1.807) is 20.9 Å². The Balaban J connectivity index is 0.904. The number of likely N-dealkylation sites (tertiary alicyclic amines) is 1. The molecule has 0 aliphatic carbocycles. The molecule has 4 saturated heterocycles. The van der Waals surface area contributed by atoms with Gasteiger partial charge in [-0.1, -0.05) is 55.3 Å². The van der Waals surface area contributed by atoms with Crippen molar-refractivity contribution in [2.75, 3.05) is 77.0 Å². The number of hydrogen-bond donors (Lipinski definition) is 3. The standard InChI is InChI=1S/C53H72ClN5O18S/c1-31-9-8-10-33(3)53(69)30-38(74-51(68)56-53)34(4)48-52(6,76-48)40(29-44(63)57(7)37-27-36(25-31)26-32(2)47(37)54)75-50(67)35(5)73-22-21-72-23-24-78-39-28-45(64)58(49(39)66)16-13-41(60)55-15-18-71-20-19-70-17-14-46(65)77-59-42(61)11-12-43(59)62/h8-10,26-27,33-35,38-40,48,69H,11-25,28-30H2,1-7H3,(H,55,60)(H,56,68)/b10-8+,31-9+/t33-,34-,35+,38?,39?,40+,48+,52+,53+/m1/s1. The van der Waals surface area contributed by atoms with Crippen LogP contribution in [-0.4, -0.2) is 182 Å². The Morgan fingerprint density at radius 3 is 2.35 bits per heavy atom. The molecule has 6 rings (SSSR count). The first kappa shape index (κ1) is 61.7. The van der Waals surface area contributed by atoms with E-state index in [0.717, 1.165) is 21.6 Å². The zero-order chi connectivity index (χ0) is 56.9. The Bertz CT molecular complexity index is 2460. The van der Waals surface area contributed by atoms with Gasteiger partial charge in [0.1, 0.15) is 23.5 Å². The number of aliphatic hydroxyl groups is 1. The molecule has 4 bridgehead atoms. The number of esters is 1. The van der Waals surface area contributed by atoms with E-state index >= 15 is 0 Å². The van der Waals surface area contributed by atoms with Crippen molar-refractivity contribution in [3.05, 3.63) is 52.1 Å². The number of rotatable bonds is 23. The SMILES string of the molecule is C/C1=C\C=C\[C@@H](C)[C@@]2(O)CC(OC(=O)N2)[C@@H](C)[C@@H]2O[C@@]2(C)[C@@H](OC(=O)[C@H](C)OCCOCCSC2CC(=O)N(CCC(=O)NCCOCCOCCC(=O)ON3C(=O)CCC3=O)C2=O)CC(=O)N(C)c2cc(cc(C)c2Cl)C1. The maximum atomic E-state index is 14.2. The summed E-state index contributed by atoms with van der Waals surface area (Å²) in [6, 6.07) is 3.80. The third kappa shape index (κ3) is 16.6. The van der Waals surface area contributed by atoms with Crippen LogP contribution >= 0.6 is 23.4 Å². The molecule has 4 fully saturated rings. The third-order valence-corrected chi connectivity index (χ3v) is 15.8. The molecule has 3 N–H and O–H groups in total. The van der Waals surface area contributed by atoms with Gasteiger partial charge in [0.15, 0.2) is 6.10 Å². The average Bonchev–Trinajstić information content (AvgIpc) is 4.08. The van der Waals surface area contributed by atoms with Crippen LogP contribution in [0.2, 0.25) is 5.02 Å². The fourth-order valence-electron chi connectivity index (χ4n) is 9.35. The smallest absolute Gasteiger partial charge is 0.409 e. The highest BCUT2D eigenvalue weighted by atomic mass is 35.5.